The second-order valence-electron chi connectivity index (χ2n) is 5.10. The molecular weight excluding hydrogens is 278 g/mol. The lowest BCUT2D eigenvalue weighted by molar-refractivity contribution is -0.140. The van der Waals surface area contributed by atoms with Gasteiger partial charge in [-0.1, -0.05) is 6.92 Å². The van der Waals surface area contributed by atoms with Crippen molar-refractivity contribution in [3.05, 3.63) is 0 Å². The van der Waals surface area contributed by atoms with E-state index in [0.717, 1.165) is 26.1 Å². The first kappa shape index (κ1) is 17.2. The summed E-state index contributed by atoms with van der Waals surface area (Å²) >= 11 is 0. The van der Waals surface area contributed by atoms with Crippen LogP contribution in [0, 0.1) is 0 Å². The Balaban J connectivity index is 2.43. The molecule has 21 heavy (non-hydrogen) atoms. The van der Waals surface area contributed by atoms with Crippen LogP contribution in [0.4, 0.5) is 4.79 Å². The molecule has 120 valence electrons. The minimum absolute atomic E-state index is 0.119. The zero-order chi connectivity index (χ0) is 15.8. The summed E-state index contributed by atoms with van der Waals surface area (Å²) < 4.78 is 0. The summed E-state index contributed by atoms with van der Waals surface area (Å²) in [5.74, 6) is -2.29. The van der Waals surface area contributed by atoms with E-state index in [2.05, 4.69) is 17.1 Å². The Labute approximate surface area is 123 Å². The Morgan fingerprint density at radius 3 is 2.24 bits per heavy atom. The number of nitrogens with one attached hydrogen (secondary N) is 1. The minimum Gasteiger partial charge on any atom is -0.481 e. The van der Waals surface area contributed by atoms with Crippen molar-refractivity contribution in [3.63, 3.8) is 0 Å². The van der Waals surface area contributed by atoms with Gasteiger partial charge in [0.25, 0.3) is 0 Å². The molecular formula is C13H23N3O5. The van der Waals surface area contributed by atoms with E-state index in [4.69, 9.17) is 10.2 Å². The number of carbonyl (C=O) groups is 3. The Hall–Kier alpha value is -1.83. The lowest BCUT2D eigenvalue weighted by Crippen LogP contribution is -2.54. The fourth-order valence-electron chi connectivity index (χ4n) is 2.26. The number of carbonyl (C=O) groups excluding carboxylic acids is 1. The second-order valence-corrected chi connectivity index (χ2v) is 5.10. The highest BCUT2D eigenvalue weighted by molar-refractivity contribution is 5.83. The van der Waals surface area contributed by atoms with Crippen LogP contribution < -0.4 is 5.32 Å². The lowest BCUT2D eigenvalue weighted by atomic mass is 10.1. The molecule has 0 radical (unpaired) electrons. The van der Waals surface area contributed by atoms with Crippen LogP contribution in [0.3, 0.4) is 0 Å². The van der Waals surface area contributed by atoms with Crippen molar-refractivity contribution in [3.8, 4) is 0 Å². The predicted molar refractivity (Wildman–Crippen MR) is 75.1 cm³/mol. The molecule has 1 rings (SSSR count). The number of hydrogen-bond acceptors (Lipinski definition) is 4. The van der Waals surface area contributed by atoms with E-state index in [9.17, 15) is 14.4 Å². The number of rotatable bonds is 7. The van der Waals surface area contributed by atoms with E-state index in [1.165, 1.54) is 0 Å². The highest BCUT2D eigenvalue weighted by atomic mass is 16.4. The van der Waals surface area contributed by atoms with Gasteiger partial charge in [-0.2, -0.15) is 0 Å². The molecule has 1 atom stereocenters. The van der Waals surface area contributed by atoms with Crippen LogP contribution in [0.25, 0.3) is 0 Å². The number of amides is 2. The van der Waals surface area contributed by atoms with Gasteiger partial charge in [-0.15, -0.1) is 0 Å². The van der Waals surface area contributed by atoms with Crippen molar-refractivity contribution >= 4 is 18.0 Å². The van der Waals surface area contributed by atoms with Gasteiger partial charge < -0.3 is 20.4 Å². The zero-order valence-corrected chi connectivity index (χ0v) is 12.2. The zero-order valence-electron chi connectivity index (χ0n) is 12.2. The number of piperazine rings is 1. The first-order valence-corrected chi connectivity index (χ1v) is 7.16. The van der Waals surface area contributed by atoms with Gasteiger partial charge in [0, 0.05) is 32.6 Å². The van der Waals surface area contributed by atoms with Gasteiger partial charge in [-0.25, -0.2) is 9.59 Å². The topological polar surface area (TPSA) is 110 Å². The van der Waals surface area contributed by atoms with Gasteiger partial charge >= 0.3 is 18.0 Å². The van der Waals surface area contributed by atoms with Gasteiger partial charge in [-0.3, -0.25) is 9.69 Å². The van der Waals surface area contributed by atoms with E-state index in [0.29, 0.717) is 13.1 Å². The standard InChI is InChI=1S/C13H23N3O5/c1-2-5-15-6-8-16(9-7-15)13(21)14-10(12(19)20)3-4-11(17)18/h10H,2-9H2,1H3,(H,14,21)(H,17,18)(H,19,20)/t10-/m0/s1. The highest BCUT2D eigenvalue weighted by Gasteiger charge is 2.26. The maximum Gasteiger partial charge on any atom is 0.326 e. The quantitative estimate of drug-likeness (QED) is 0.612. The third-order valence-electron chi connectivity index (χ3n) is 3.44. The minimum atomic E-state index is -1.21. The molecule has 3 N–H and O–H groups in total. The summed E-state index contributed by atoms with van der Waals surface area (Å²) in [6, 6.07) is -1.61. The average molecular weight is 301 g/mol. The van der Waals surface area contributed by atoms with E-state index >= 15 is 0 Å². The van der Waals surface area contributed by atoms with Crippen molar-refractivity contribution in [1.82, 2.24) is 15.1 Å². The number of carboxylic acids is 2. The summed E-state index contributed by atoms with van der Waals surface area (Å²) in [6.45, 7) is 5.74. The molecule has 2 amide bonds. The summed E-state index contributed by atoms with van der Waals surface area (Å²) in [5.41, 5.74) is 0. The maximum absolute atomic E-state index is 12.0. The Bertz CT molecular complexity index is 380. The van der Waals surface area contributed by atoms with Crippen molar-refractivity contribution in [2.24, 2.45) is 0 Å². The van der Waals surface area contributed by atoms with Crippen molar-refractivity contribution in [2.45, 2.75) is 32.2 Å². The Morgan fingerprint density at radius 2 is 1.76 bits per heavy atom. The van der Waals surface area contributed by atoms with Crippen LogP contribution in [0.1, 0.15) is 26.2 Å². The molecule has 1 fully saturated rings. The fourth-order valence-corrected chi connectivity index (χ4v) is 2.26. The normalized spacial score (nSPS) is 17.3. The van der Waals surface area contributed by atoms with Crippen LogP contribution in [-0.4, -0.2) is 76.7 Å². The van der Waals surface area contributed by atoms with E-state index in [1.807, 2.05) is 0 Å². The van der Waals surface area contributed by atoms with E-state index < -0.39 is 24.0 Å². The summed E-state index contributed by atoms with van der Waals surface area (Å²) in [7, 11) is 0. The molecule has 1 heterocycles. The molecule has 8 nitrogen and oxygen atoms in total. The second kappa shape index (κ2) is 8.46. The molecule has 0 unspecified atom stereocenters. The predicted octanol–water partition coefficient (Wildman–Crippen LogP) is 0.0416. The highest BCUT2D eigenvalue weighted by Crippen LogP contribution is 2.05. The lowest BCUT2D eigenvalue weighted by Gasteiger charge is -2.35. The van der Waals surface area contributed by atoms with E-state index in [1.54, 1.807) is 4.90 Å². The van der Waals surface area contributed by atoms with Gasteiger partial charge in [-0.05, 0) is 19.4 Å². The summed E-state index contributed by atoms with van der Waals surface area (Å²) in [5, 5.41) is 20.0. The monoisotopic (exact) mass is 301 g/mol. The number of nitrogens with zero attached hydrogens (tertiary/aromatic N) is 2. The molecule has 0 aromatic rings. The largest absolute Gasteiger partial charge is 0.481 e. The number of carboxylic acid groups (broad SMARTS) is 2. The third kappa shape index (κ3) is 5.99. The van der Waals surface area contributed by atoms with Crippen molar-refractivity contribution < 1.29 is 24.6 Å². The number of urea groups is 1. The molecule has 1 saturated heterocycles. The molecule has 0 saturated carbocycles. The van der Waals surface area contributed by atoms with Gasteiger partial charge in [0.05, 0.1) is 0 Å². The summed E-state index contributed by atoms with van der Waals surface area (Å²) in [4.78, 5) is 37.4. The van der Waals surface area contributed by atoms with Crippen LogP contribution in [0.15, 0.2) is 0 Å². The van der Waals surface area contributed by atoms with Gasteiger partial charge in [0.15, 0.2) is 0 Å². The van der Waals surface area contributed by atoms with Crippen LogP contribution in [0.5, 0.6) is 0 Å². The molecule has 1 aliphatic heterocycles. The first-order valence-electron chi connectivity index (χ1n) is 7.16. The molecule has 0 aromatic carbocycles. The number of hydrogen-bond donors (Lipinski definition) is 3. The molecule has 0 bridgehead atoms. The van der Waals surface area contributed by atoms with Crippen LogP contribution in [0.2, 0.25) is 0 Å². The Kier molecular flexibility index (Phi) is 6.93. The molecule has 0 spiro atoms. The Morgan fingerprint density at radius 1 is 1.14 bits per heavy atom. The number of aliphatic carboxylic acids is 2. The average Bonchev–Trinajstić information content (AvgIpc) is 2.43. The first-order chi connectivity index (χ1) is 9.93. The van der Waals surface area contributed by atoms with Gasteiger partial charge in [0.2, 0.25) is 0 Å². The van der Waals surface area contributed by atoms with Crippen LogP contribution in [-0.2, 0) is 9.59 Å². The fraction of sp³-hybridized carbons (Fsp3) is 0.769. The maximum atomic E-state index is 12.0. The summed E-state index contributed by atoms with van der Waals surface area (Å²) in [6.07, 6.45) is 0.649. The SMILES string of the molecule is CCCN1CCN(C(=O)N[C@@H](CCC(=O)O)C(=O)O)CC1. The van der Waals surface area contributed by atoms with E-state index in [-0.39, 0.29) is 12.8 Å². The third-order valence-corrected chi connectivity index (χ3v) is 3.44. The molecule has 0 aliphatic carbocycles. The molecule has 8 heteroatoms. The van der Waals surface area contributed by atoms with Gasteiger partial charge in [0.1, 0.15) is 6.04 Å². The van der Waals surface area contributed by atoms with Crippen molar-refractivity contribution in [1.29, 1.82) is 0 Å². The smallest absolute Gasteiger partial charge is 0.326 e. The van der Waals surface area contributed by atoms with Crippen molar-refractivity contribution in [2.75, 3.05) is 32.7 Å². The molecule has 0 aromatic heterocycles. The molecule has 1 aliphatic rings. The van der Waals surface area contributed by atoms with Crippen LogP contribution >= 0.6 is 0 Å².